The number of aryl methyl sites for hydroxylation is 1. The number of carbonyl (C=O) groups excluding carboxylic acids is 2. The number of amides is 2. The van der Waals surface area contributed by atoms with E-state index in [9.17, 15) is 40.0 Å². The van der Waals surface area contributed by atoms with E-state index in [0.717, 1.165) is 18.4 Å². The Morgan fingerprint density at radius 1 is 1.01 bits per heavy atom. The van der Waals surface area contributed by atoms with E-state index in [4.69, 9.17) is 20.1 Å². The van der Waals surface area contributed by atoms with Gasteiger partial charge in [0, 0.05) is 73.2 Å². The maximum Gasteiger partial charge on any atom is 0.433 e. The summed E-state index contributed by atoms with van der Waals surface area (Å²) in [6.45, 7) is 7.87. The molecule has 2 aliphatic heterocycles. The lowest BCUT2D eigenvalue weighted by Crippen LogP contribution is -2.73. The highest BCUT2D eigenvalue weighted by molar-refractivity contribution is 7.92. The largest absolute Gasteiger partial charge is 0.444 e. The third-order valence-corrected chi connectivity index (χ3v) is 13.5. The highest BCUT2D eigenvalue weighted by Crippen LogP contribution is 2.48. The summed E-state index contributed by atoms with van der Waals surface area (Å²) in [6.07, 6.45) is -6.20. The normalized spacial score (nSPS) is 18.5. The number of anilines is 2. The maximum atomic E-state index is 15.4. The summed E-state index contributed by atoms with van der Waals surface area (Å²) in [6, 6.07) is 8.05. The van der Waals surface area contributed by atoms with Crippen LogP contribution in [0.1, 0.15) is 57.8 Å². The molecule has 0 radical (unpaired) electrons. The predicted molar refractivity (Wildman–Crippen MR) is 241 cm³/mol. The third kappa shape index (κ3) is 9.78. The van der Waals surface area contributed by atoms with E-state index < -0.39 is 93.3 Å². The monoisotopic (exact) mass is 992 g/mol. The van der Waals surface area contributed by atoms with E-state index in [2.05, 4.69) is 20.5 Å². The van der Waals surface area contributed by atoms with Crippen LogP contribution in [0.25, 0.3) is 32.4 Å². The van der Waals surface area contributed by atoms with Crippen molar-refractivity contribution >= 4 is 71.3 Å². The van der Waals surface area contributed by atoms with E-state index in [1.54, 1.807) is 57.0 Å². The molecule has 0 unspecified atom stereocenters. The van der Waals surface area contributed by atoms with Gasteiger partial charge in [-0.2, -0.15) is 32.0 Å². The van der Waals surface area contributed by atoms with Crippen molar-refractivity contribution in [3.8, 4) is 11.1 Å². The van der Waals surface area contributed by atoms with Crippen molar-refractivity contribution in [1.82, 2.24) is 35.3 Å². The number of pyridine rings is 1. The van der Waals surface area contributed by atoms with Crippen LogP contribution in [0, 0.1) is 28.4 Å². The van der Waals surface area contributed by atoms with Gasteiger partial charge in [-0.25, -0.2) is 27.0 Å². The third-order valence-electron chi connectivity index (χ3n) is 11.9. The summed E-state index contributed by atoms with van der Waals surface area (Å²) < 4.78 is 136. The van der Waals surface area contributed by atoms with Crippen LogP contribution < -0.4 is 20.3 Å². The minimum Gasteiger partial charge on any atom is -0.444 e. The Morgan fingerprint density at radius 3 is 2.31 bits per heavy atom. The average Bonchev–Trinajstić information content (AvgIpc) is 3.82. The fourth-order valence-corrected chi connectivity index (χ4v) is 10.6. The number of rotatable bonds is 13. The second-order valence-electron chi connectivity index (χ2n) is 18.6. The highest BCUT2D eigenvalue weighted by atomic mass is 32.2. The van der Waals surface area contributed by atoms with Gasteiger partial charge >= 0.3 is 12.3 Å². The van der Waals surface area contributed by atoms with Gasteiger partial charge in [-0.1, -0.05) is 30.4 Å². The Kier molecular flexibility index (Phi) is 12.2. The minimum absolute atomic E-state index is 0.00271. The Hall–Kier alpha value is -6.04. The van der Waals surface area contributed by atoms with Gasteiger partial charge < -0.3 is 25.2 Å². The standard InChI is InChI=1S/C44H47F7N10O5S2/c1-7-23-16-43(47,48)36(32(23)35(52)44(49,50)51)53-17-31(62)54-29(13-22-11-24(45)14-25(46)12-22)33-28(26-9-8-10-27-34(26)59(5)57-37(27)58-68(6,64)65)15-30-38(55-33)56-39(67-30)60-18-42(19-60)20-61(21-42)40(63)66-41(2,3)4/h8-12,14-15,23,29,52-53H,7,13,16-21H2,1-6H3,(H,54,62)(H,57,58)/t23-,29-/m0/s1. The maximum absolute atomic E-state index is 15.4. The number of alkyl halides is 5. The number of thiazole rings is 1. The lowest BCUT2D eigenvalue weighted by molar-refractivity contribution is -0.121. The van der Waals surface area contributed by atoms with Gasteiger partial charge in [0.05, 0.1) is 40.4 Å². The lowest BCUT2D eigenvalue weighted by atomic mass is 9.73. The van der Waals surface area contributed by atoms with E-state index in [1.165, 1.54) is 22.9 Å². The molecular weight excluding hydrogens is 946 g/mol. The smallest absolute Gasteiger partial charge is 0.433 e. The number of halogens is 7. The molecule has 1 aliphatic carbocycles. The summed E-state index contributed by atoms with van der Waals surface area (Å²) in [5.41, 5.74) is -3.49. The number of ether oxygens (including phenoxy) is 1. The first kappa shape index (κ1) is 48.4. The first-order valence-electron chi connectivity index (χ1n) is 21.4. The number of para-hydroxylation sites is 1. The van der Waals surface area contributed by atoms with Gasteiger partial charge in [-0.15, -0.1) is 0 Å². The van der Waals surface area contributed by atoms with Crippen LogP contribution in [-0.4, -0.2) is 107 Å². The van der Waals surface area contributed by atoms with Gasteiger partial charge in [0.15, 0.2) is 16.6 Å². The van der Waals surface area contributed by atoms with E-state index in [0.29, 0.717) is 64.1 Å². The molecule has 5 heterocycles. The number of hydrogen-bond donors (Lipinski definition) is 4. The van der Waals surface area contributed by atoms with E-state index in [1.807, 2.05) is 4.90 Å². The molecule has 3 aliphatic rings. The number of likely N-dealkylation sites (tertiary alicyclic amines) is 1. The van der Waals surface area contributed by atoms with Crippen LogP contribution in [-0.2, 0) is 33.0 Å². The summed E-state index contributed by atoms with van der Waals surface area (Å²) in [5, 5.41) is 18.0. The van der Waals surface area contributed by atoms with E-state index in [-0.39, 0.29) is 41.0 Å². The molecule has 2 saturated heterocycles. The number of sulfonamides is 1. The fourth-order valence-electron chi connectivity index (χ4n) is 9.17. The summed E-state index contributed by atoms with van der Waals surface area (Å²) in [4.78, 5) is 40.1. The number of aromatic nitrogens is 4. The van der Waals surface area contributed by atoms with Crippen molar-refractivity contribution in [2.75, 3.05) is 48.6 Å². The lowest BCUT2D eigenvalue weighted by Gasteiger charge is -2.59. The van der Waals surface area contributed by atoms with Crippen molar-refractivity contribution in [2.24, 2.45) is 18.4 Å². The number of carbonyl (C=O) groups is 2. The molecule has 68 heavy (non-hydrogen) atoms. The van der Waals surface area contributed by atoms with Gasteiger partial charge in [0.1, 0.15) is 22.9 Å². The average molecular weight is 993 g/mol. The fraction of sp³-hybridized carbons (Fsp3) is 0.455. The molecule has 2 fully saturated rings. The van der Waals surface area contributed by atoms with Gasteiger partial charge in [0.2, 0.25) is 15.9 Å². The quantitative estimate of drug-likeness (QED) is 0.0669. The number of allylic oxidation sites excluding steroid dienone is 2. The van der Waals surface area contributed by atoms with Crippen molar-refractivity contribution in [3.63, 3.8) is 0 Å². The van der Waals surface area contributed by atoms with Crippen LogP contribution in [0.3, 0.4) is 0 Å². The predicted octanol–water partition coefficient (Wildman–Crippen LogP) is 7.84. The second kappa shape index (κ2) is 17.2. The molecule has 0 bridgehead atoms. The molecule has 0 saturated carbocycles. The summed E-state index contributed by atoms with van der Waals surface area (Å²) in [7, 11) is -2.24. The second-order valence-corrected chi connectivity index (χ2v) is 21.4. The number of nitrogens with zero attached hydrogens (tertiary/aromatic N) is 6. The highest BCUT2D eigenvalue weighted by Gasteiger charge is 2.55. The molecule has 1 spiro atoms. The zero-order chi connectivity index (χ0) is 49.5. The molecule has 24 heteroatoms. The van der Waals surface area contributed by atoms with Crippen LogP contribution in [0.5, 0.6) is 0 Å². The molecule has 2 amide bonds. The topological polar surface area (TPSA) is 188 Å². The molecule has 3 aromatic heterocycles. The number of benzene rings is 2. The van der Waals surface area contributed by atoms with Crippen molar-refractivity contribution < 1.29 is 53.5 Å². The SMILES string of the molecule is CC[C@H]1CC(F)(F)C(NCC(=O)N[C@@H](Cc2cc(F)cc(F)c2)c2nc3nc(N4CC5(CN(C(=O)OC(C)(C)C)C5)C4)sc3cc2-c2cccc3c(NS(C)(=O)=O)nn(C)c23)=C1C(=N)C(F)(F)F. The zero-order valence-electron chi connectivity index (χ0n) is 37.5. The van der Waals surface area contributed by atoms with Crippen LogP contribution in [0.4, 0.5) is 46.5 Å². The number of hydrogen-bond acceptors (Lipinski definition) is 12. The molecule has 15 nitrogen and oxygen atoms in total. The van der Waals surface area contributed by atoms with Crippen LogP contribution in [0.2, 0.25) is 0 Å². The van der Waals surface area contributed by atoms with Crippen molar-refractivity contribution in [3.05, 3.63) is 76.6 Å². The number of nitrogens with one attached hydrogen (secondary N) is 4. The van der Waals surface area contributed by atoms with E-state index >= 15 is 8.78 Å². The zero-order valence-corrected chi connectivity index (χ0v) is 39.2. The van der Waals surface area contributed by atoms with Gasteiger partial charge in [-0.05, 0) is 69.4 Å². The first-order valence-corrected chi connectivity index (χ1v) is 24.1. The van der Waals surface area contributed by atoms with Crippen molar-refractivity contribution in [2.45, 2.75) is 70.7 Å². The van der Waals surface area contributed by atoms with Gasteiger partial charge in [-0.3, -0.25) is 19.6 Å². The summed E-state index contributed by atoms with van der Waals surface area (Å²) >= 11 is 1.30. The molecular formula is C44H47F7N10O5S2. The molecule has 2 atom stereocenters. The van der Waals surface area contributed by atoms with Crippen molar-refractivity contribution in [1.29, 1.82) is 5.41 Å². The number of fused-ring (bicyclic) bond motifs is 2. The van der Waals surface area contributed by atoms with Crippen LogP contribution >= 0.6 is 11.3 Å². The first-order chi connectivity index (χ1) is 31.6. The Morgan fingerprint density at radius 2 is 1.69 bits per heavy atom. The van der Waals surface area contributed by atoms with Crippen LogP contribution in [0.15, 0.2) is 53.7 Å². The Balaban J connectivity index is 1.20. The van der Waals surface area contributed by atoms with Gasteiger partial charge in [0.25, 0.3) is 5.92 Å². The Bertz CT molecular complexity index is 2990. The summed E-state index contributed by atoms with van der Waals surface area (Å²) in [5.74, 6) is -8.08. The Labute approximate surface area is 389 Å². The molecule has 4 N–H and O–H groups in total. The molecule has 364 valence electrons. The molecule has 8 rings (SSSR count). The molecule has 5 aromatic rings. The molecule has 2 aromatic carbocycles. The minimum atomic E-state index is -5.25.